The quantitative estimate of drug-likeness (QED) is 0.0512. The summed E-state index contributed by atoms with van der Waals surface area (Å²) in [6.45, 7) is 10.7. The Bertz CT molecular complexity index is 2670. The highest BCUT2D eigenvalue weighted by Gasteiger charge is 2.18. The van der Waals surface area contributed by atoms with Gasteiger partial charge in [-0.25, -0.2) is 30.2 Å². The largest absolute Gasteiger partial charge is 0.494 e. The van der Waals surface area contributed by atoms with Crippen LogP contribution in [0.5, 0.6) is 11.5 Å². The predicted octanol–water partition coefficient (Wildman–Crippen LogP) is 8.98. The Kier molecular flexibility index (Phi) is 13.4. The molecule has 0 saturated heterocycles. The van der Waals surface area contributed by atoms with Gasteiger partial charge in [0.25, 0.3) is 0 Å². The summed E-state index contributed by atoms with van der Waals surface area (Å²) in [7, 11) is 3.21. The molecule has 0 atom stereocenters. The van der Waals surface area contributed by atoms with Crippen LogP contribution in [0.15, 0.2) is 65.1 Å². The number of hydrogen-bond acceptors (Lipinski definition) is 13. The summed E-state index contributed by atoms with van der Waals surface area (Å²) in [4.78, 5) is 34.0. The number of nitrogens with zero attached hydrogens (tertiary/aromatic N) is 6. The van der Waals surface area contributed by atoms with Gasteiger partial charge in [-0.15, -0.1) is 21.5 Å². The number of thiazole rings is 2. The number of carboxylic acid groups (broad SMARTS) is 1. The number of methoxy groups -OCH3 is 2. The summed E-state index contributed by atoms with van der Waals surface area (Å²) < 4.78 is 18.3. The molecule has 2 amide bonds. The average Bonchev–Trinajstić information content (AvgIpc) is 3.93. The van der Waals surface area contributed by atoms with Crippen molar-refractivity contribution in [3.63, 3.8) is 0 Å². The number of carbonyl (C=O) groups is 2. The molecule has 3 heterocycles. The van der Waals surface area contributed by atoms with Gasteiger partial charge in [-0.2, -0.15) is 5.26 Å². The van der Waals surface area contributed by atoms with Crippen LogP contribution in [0.3, 0.4) is 0 Å². The first kappa shape index (κ1) is 40.8. The van der Waals surface area contributed by atoms with Crippen LogP contribution in [-0.4, -0.2) is 51.5 Å². The fourth-order valence-electron chi connectivity index (χ4n) is 5.13. The molecule has 19 heteroatoms. The maximum Gasteiger partial charge on any atom is 0.335 e. The molecule has 5 N–H and O–H groups in total. The molecule has 4 aromatic carbocycles. The smallest absolute Gasteiger partial charge is 0.335 e. The van der Waals surface area contributed by atoms with Gasteiger partial charge in [0.05, 0.1) is 52.8 Å². The second-order valence-corrected chi connectivity index (χ2v) is 14.2. The van der Waals surface area contributed by atoms with Gasteiger partial charge in [-0.05, 0) is 61.4 Å². The van der Waals surface area contributed by atoms with E-state index in [2.05, 4.69) is 30.3 Å². The zero-order chi connectivity index (χ0) is 40.5. The summed E-state index contributed by atoms with van der Waals surface area (Å²) in [5, 5.41) is 30.2. The number of nitriles is 1. The number of carbonyl (C=O) groups excluding carboxylic acids is 1. The maximum atomic E-state index is 11.0. The van der Waals surface area contributed by atoms with E-state index in [9.17, 15) is 9.59 Å². The van der Waals surface area contributed by atoms with Gasteiger partial charge >= 0.3 is 12.0 Å². The minimum Gasteiger partial charge on any atom is -0.494 e. The Morgan fingerprint density at radius 2 is 1.59 bits per heavy atom. The zero-order valence-corrected chi connectivity index (χ0v) is 32.9. The maximum absolute atomic E-state index is 11.0. The fraction of sp³-hybridized carbons (Fsp3) is 0.135. The highest BCUT2D eigenvalue weighted by atomic mass is 35.5. The number of benzene rings is 4. The molecular weight excluding hydrogens is 802 g/mol. The molecule has 7 rings (SSSR count). The van der Waals surface area contributed by atoms with E-state index in [0.717, 1.165) is 36.8 Å². The third kappa shape index (κ3) is 9.12. The molecule has 0 radical (unpaired) electrons. The van der Waals surface area contributed by atoms with Gasteiger partial charge in [-0.1, -0.05) is 58.8 Å². The van der Waals surface area contributed by atoms with Crippen LogP contribution in [0.4, 0.5) is 15.6 Å². The van der Waals surface area contributed by atoms with Crippen molar-refractivity contribution in [1.29, 1.82) is 5.26 Å². The van der Waals surface area contributed by atoms with E-state index in [4.69, 9.17) is 59.9 Å². The standard InChI is InChI=1S/C19H13ClN4O2S.C9H6ClNO2.C9H10N4O2S/c1-10-11(7-8-12(20)17(10)21-2)19-24-23-15(26-19)9-16-22-18-13(25-3)5-4-6-14(18)27-16;1-5-6(9(12)13)2-3-8(10)7(5)4-11;1-15-5-3-2-4-6-7(5)11-9(16-6)12-8(14)13-10/h4-8H,9H2,1,3H3;2-3H,1H3,(H,12,13);2-4H,10H2,1H3,(H2,11,12,13,14). The molecule has 0 spiro atoms. The molecular formula is C37H29Cl2N9O6S2. The number of halogens is 2. The Morgan fingerprint density at radius 1 is 0.946 bits per heavy atom. The Balaban J connectivity index is 0.000000176. The van der Waals surface area contributed by atoms with Crippen molar-refractivity contribution >= 4 is 89.1 Å². The van der Waals surface area contributed by atoms with E-state index in [1.54, 1.807) is 44.6 Å². The molecule has 0 unspecified atom stereocenters. The van der Waals surface area contributed by atoms with Crippen molar-refractivity contribution in [1.82, 2.24) is 25.6 Å². The number of anilines is 1. The van der Waals surface area contributed by atoms with Crippen molar-refractivity contribution in [2.24, 2.45) is 5.84 Å². The first-order chi connectivity index (χ1) is 26.9. The third-order valence-corrected chi connectivity index (χ3v) is 10.4. The lowest BCUT2D eigenvalue weighted by Crippen LogP contribution is -2.34. The number of para-hydroxylation sites is 2. The van der Waals surface area contributed by atoms with Crippen molar-refractivity contribution in [3.05, 3.63) is 115 Å². The van der Waals surface area contributed by atoms with Crippen LogP contribution in [-0.2, 0) is 6.42 Å². The number of fused-ring (bicyclic) bond motifs is 2. The predicted molar refractivity (Wildman–Crippen MR) is 215 cm³/mol. The molecule has 0 saturated carbocycles. The van der Waals surface area contributed by atoms with Gasteiger partial charge in [0.15, 0.2) is 5.13 Å². The van der Waals surface area contributed by atoms with E-state index in [-0.39, 0.29) is 16.1 Å². The third-order valence-electron chi connectivity index (χ3n) is 7.85. The highest BCUT2D eigenvalue weighted by molar-refractivity contribution is 7.22. The summed E-state index contributed by atoms with van der Waals surface area (Å²) in [5.74, 6) is 6.15. The molecule has 7 aromatic rings. The Morgan fingerprint density at radius 3 is 2.20 bits per heavy atom. The zero-order valence-electron chi connectivity index (χ0n) is 29.8. The van der Waals surface area contributed by atoms with Crippen LogP contribution in [0.25, 0.3) is 36.7 Å². The van der Waals surface area contributed by atoms with E-state index < -0.39 is 12.0 Å². The van der Waals surface area contributed by atoms with Crippen LogP contribution < -0.4 is 26.1 Å². The molecule has 3 aromatic heterocycles. The van der Waals surface area contributed by atoms with Gasteiger partial charge in [-0.3, -0.25) is 10.7 Å². The molecule has 15 nitrogen and oxygen atoms in total. The lowest BCUT2D eigenvalue weighted by atomic mass is 10.0. The van der Waals surface area contributed by atoms with Crippen LogP contribution in [0, 0.1) is 31.8 Å². The number of rotatable bonds is 7. The Hall–Kier alpha value is -6.34. The van der Waals surface area contributed by atoms with Gasteiger partial charge < -0.3 is 19.0 Å². The molecule has 0 aliphatic rings. The highest BCUT2D eigenvalue weighted by Crippen LogP contribution is 2.36. The normalized spacial score (nSPS) is 10.3. The lowest BCUT2D eigenvalue weighted by Gasteiger charge is -2.04. The number of hydrazine groups is 1. The fourth-order valence-corrected chi connectivity index (χ4v) is 7.48. The van der Waals surface area contributed by atoms with Gasteiger partial charge in [0, 0.05) is 10.6 Å². The topological polar surface area (TPSA) is 216 Å². The van der Waals surface area contributed by atoms with Crippen LogP contribution in [0.2, 0.25) is 10.0 Å². The second kappa shape index (κ2) is 18.3. The minimum atomic E-state index is -1.05. The number of aromatic carboxylic acids is 1. The minimum absolute atomic E-state index is 0.112. The van der Waals surface area contributed by atoms with Crippen molar-refractivity contribution < 1.29 is 28.6 Å². The van der Waals surface area contributed by atoms with Crippen molar-refractivity contribution in [3.8, 4) is 29.0 Å². The lowest BCUT2D eigenvalue weighted by molar-refractivity contribution is 0.0696. The van der Waals surface area contributed by atoms with E-state index in [0.29, 0.717) is 50.9 Å². The summed E-state index contributed by atoms with van der Waals surface area (Å²) in [5.41, 5.74) is 6.08. The van der Waals surface area contributed by atoms with Crippen molar-refractivity contribution in [2.75, 3.05) is 19.5 Å². The number of amides is 2. The van der Waals surface area contributed by atoms with Crippen LogP contribution in [0.1, 0.15) is 37.9 Å². The Labute approximate surface area is 337 Å². The number of nitrogens with one attached hydrogen (secondary N) is 2. The summed E-state index contributed by atoms with van der Waals surface area (Å²) in [6, 6.07) is 19.0. The van der Waals surface area contributed by atoms with Crippen molar-refractivity contribution in [2.45, 2.75) is 20.3 Å². The molecule has 56 heavy (non-hydrogen) atoms. The monoisotopic (exact) mass is 829 g/mol. The number of carboxylic acids is 1. The number of aromatic nitrogens is 4. The van der Waals surface area contributed by atoms with Gasteiger partial charge in [0.1, 0.15) is 33.6 Å². The molecule has 0 aliphatic heterocycles. The second-order valence-electron chi connectivity index (χ2n) is 11.2. The number of urea groups is 1. The van der Waals surface area contributed by atoms with Crippen LogP contribution >= 0.6 is 45.9 Å². The van der Waals surface area contributed by atoms with E-state index in [1.165, 1.54) is 23.5 Å². The van der Waals surface area contributed by atoms with E-state index in [1.807, 2.05) is 54.8 Å². The molecule has 0 aliphatic carbocycles. The first-order valence-electron chi connectivity index (χ1n) is 16.0. The number of ether oxygens (including phenoxy) is 2. The molecule has 0 fully saturated rings. The number of nitrogens with two attached hydrogens (primary N) is 1. The SMILES string of the molecule is COc1cccc2sc(NC(=O)NN)nc12.Cc1c(C(=O)O)ccc(Cl)c1C#N.[C-]#[N+]c1c(Cl)ccc(-c2nnc(Cc3nc4c(OC)cccc4s3)o2)c1C. The average molecular weight is 831 g/mol. The van der Waals surface area contributed by atoms with E-state index >= 15 is 0 Å². The summed E-state index contributed by atoms with van der Waals surface area (Å²) in [6.07, 6.45) is 0.428. The molecule has 284 valence electrons. The van der Waals surface area contributed by atoms with Gasteiger partial charge in [0.2, 0.25) is 17.5 Å². The number of hydrogen-bond donors (Lipinski definition) is 4. The molecule has 0 bridgehead atoms. The first-order valence-corrected chi connectivity index (χ1v) is 18.4. The summed E-state index contributed by atoms with van der Waals surface area (Å²) >= 11 is 14.7.